The zero-order chi connectivity index (χ0) is 26.2. The van der Waals surface area contributed by atoms with Crippen LogP contribution >= 0.6 is 11.8 Å². The van der Waals surface area contributed by atoms with E-state index in [4.69, 9.17) is 4.98 Å². The number of carbonyl (C=O) groups excluding carboxylic acids is 1. The smallest absolute Gasteiger partial charge is 0.257 e. The Hall–Kier alpha value is -2.90. The second kappa shape index (κ2) is 13.1. The fourth-order valence-corrected chi connectivity index (χ4v) is 5.68. The van der Waals surface area contributed by atoms with Crippen molar-refractivity contribution in [2.75, 3.05) is 31.9 Å². The van der Waals surface area contributed by atoms with Gasteiger partial charge in [0.1, 0.15) is 0 Å². The second-order valence-electron chi connectivity index (χ2n) is 9.93. The highest BCUT2D eigenvalue weighted by Crippen LogP contribution is 2.19. The molecule has 37 heavy (non-hydrogen) atoms. The summed E-state index contributed by atoms with van der Waals surface area (Å²) in [5.41, 5.74) is 5.23. The fourth-order valence-electron chi connectivity index (χ4n) is 4.67. The second-order valence-corrected chi connectivity index (χ2v) is 11.0. The van der Waals surface area contributed by atoms with Crippen LogP contribution in [0, 0.1) is 13.8 Å². The summed E-state index contributed by atoms with van der Waals surface area (Å²) in [7, 11) is 1.80. The normalized spacial score (nSPS) is 14.2. The molecule has 0 N–H and O–H groups in total. The standard InChI is InChI=1S/C30H38N4O2S/c1-23-12-14-25(15-13-23)21-27-24(2)31-30(32(3)29(27)36)37-20-8-7-11-28(35)34-18-16-33(17-19-34)22-26-9-5-4-6-10-26/h4-6,9-10,12-15H,7-8,11,16-22H2,1-3H3. The van der Waals surface area contributed by atoms with Crippen LogP contribution in [0.15, 0.2) is 64.5 Å². The summed E-state index contributed by atoms with van der Waals surface area (Å²) < 4.78 is 1.67. The first-order chi connectivity index (χ1) is 17.9. The number of rotatable bonds is 10. The monoisotopic (exact) mass is 518 g/mol. The number of amides is 1. The predicted molar refractivity (Wildman–Crippen MR) is 151 cm³/mol. The van der Waals surface area contributed by atoms with E-state index in [1.807, 2.05) is 17.9 Å². The third-order valence-corrected chi connectivity index (χ3v) is 8.16. The largest absolute Gasteiger partial charge is 0.340 e. The Morgan fingerprint density at radius 2 is 1.62 bits per heavy atom. The number of benzene rings is 2. The lowest BCUT2D eigenvalue weighted by Crippen LogP contribution is -2.48. The van der Waals surface area contributed by atoms with Crippen LogP contribution in [0.3, 0.4) is 0 Å². The molecule has 1 fully saturated rings. The summed E-state index contributed by atoms with van der Waals surface area (Å²) in [4.78, 5) is 34.9. The van der Waals surface area contributed by atoms with Gasteiger partial charge < -0.3 is 4.90 Å². The minimum Gasteiger partial charge on any atom is -0.340 e. The van der Waals surface area contributed by atoms with Gasteiger partial charge in [0.2, 0.25) is 5.91 Å². The van der Waals surface area contributed by atoms with E-state index in [1.54, 1.807) is 23.4 Å². The minimum absolute atomic E-state index is 0.0251. The lowest BCUT2D eigenvalue weighted by molar-refractivity contribution is -0.133. The van der Waals surface area contributed by atoms with Gasteiger partial charge in [0.15, 0.2) is 5.16 Å². The molecule has 0 aliphatic carbocycles. The molecule has 1 aromatic heterocycles. The Kier molecular flexibility index (Phi) is 9.58. The third-order valence-electron chi connectivity index (χ3n) is 7.04. The number of thioether (sulfide) groups is 1. The van der Waals surface area contributed by atoms with Crippen molar-refractivity contribution in [3.8, 4) is 0 Å². The molecule has 6 nitrogen and oxygen atoms in total. The first-order valence-corrected chi connectivity index (χ1v) is 14.2. The third kappa shape index (κ3) is 7.55. The quantitative estimate of drug-likeness (QED) is 0.223. The lowest BCUT2D eigenvalue weighted by atomic mass is 10.0. The number of carbonyl (C=O) groups is 1. The number of piperazine rings is 1. The molecule has 3 aromatic rings. The zero-order valence-electron chi connectivity index (χ0n) is 22.3. The van der Waals surface area contributed by atoms with Gasteiger partial charge >= 0.3 is 0 Å². The molecule has 0 saturated carbocycles. The molecular weight excluding hydrogens is 480 g/mol. The van der Waals surface area contributed by atoms with Crippen LogP contribution in [0.1, 0.15) is 47.2 Å². The van der Waals surface area contributed by atoms with Crippen molar-refractivity contribution in [3.05, 3.63) is 92.9 Å². The Morgan fingerprint density at radius 1 is 0.919 bits per heavy atom. The van der Waals surface area contributed by atoms with Crippen LogP contribution in [-0.4, -0.2) is 57.2 Å². The van der Waals surface area contributed by atoms with E-state index < -0.39 is 0 Å². The lowest BCUT2D eigenvalue weighted by Gasteiger charge is -2.34. The van der Waals surface area contributed by atoms with Crippen LogP contribution < -0.4 is 5.56 Å². The van der Waals surface area contributed by atoms with Crippen molar-refractivity contribution < 1.29 is 4.79 Å². The van der Waals surface area contributed by atoms with E-state index in [0.717, 1.165) is 73.3 Å². The Labute approximate surface area is 224 Å². The highest BCUT2D eigenvalue weighted by Gasteiger charge is 2.20. The molecule has 2 aromatic carbocycles. The summed E-state index contributed by atoms with van der Waals surface area (Å²) in [6, 6.07) is 18.8. The van der Waals surface area contributed by atoms with Crippen LogP contribution in [0.25, 0.3) is 0 Å². The number of aryl methyl sites for hydroxylation is 2. The first-order valence-electron chi connectivity index (χ1n) is 13.2. The van der Waals surface area contributed by atoms with Gasteiger partial charge in [-0.2, -0.15) is 0 Å². The van der Waals surface area contributed by atoms with Gasteiger partial charge in [-0.05, 0) is 37.8 Å². The van der Waals surface area contributed by atoms with Crippen molar-refractivity contribution in [2.45, 2.75) is 51.2 Å². The number of hydrogen-bond acceptors (Lipinski definition) is 5. The predicted octanol–water partition coefficient (Wildman–Crippen LogP) is 4.59. The fraction of sp³-hybridized carbons (Fsp3) is 0.433. The van der Waals surface area contributed by atoms with Crippen LogP contribution in [0.5, 0.6) is 0 Å². The molecular formula is C30H38N4O2S. The molecule has 1 amide bonds. The Balaban J connectivity index is 1.19. The van der Waals surface area contributed by atoms with Crippen LogP contribution in [-0.2, 0) is 24.8 Å². The maximum Gasteiger partial charge on any atom is 0.257 e. The van der Waals surface area contributed by atoms with E-state index in [0.29, 0.717) is 12.8 Å². The summed E-state index contributed by atoms with van der Waals surface area (Å²) >= 11 is 1.60. The summed E-state index contributed by atoms with van der Waals surface area (Å²) in [5, 5.41) is 0.746. The van der Waals surface area contributed by atoms with E-state index >= 15 is 0 Å². The molecule has 0 spiro atoms. The van der Waals surface area contributed by atoms with E-state index in [-0.39, 0.29) is 11.5 Å². The zero-order valence-corrected chi connectivity index (χ0v) is 23.1. The number of unbranched alkanes of at least 4 members (excludes halogenated alkanes) is 1. The number of nitrogens with zero attached hydrogens (tertiary/aromatic N) is 4. The van der Waals surface area contributed by atoms with Crippen molar-refractivity contribution in [2.24, 2.45) is 7.05 Å². The molecule has 2 heterocycles. The van der Waals surface area contributed by atoms with Crippen molar-refractivity contribution in [1.29, 1.82) is 0 Å². The number of hydrogen-bond donors (Lipinski definition) is 0. The van der Waals surface area contributed by atoms with Crippen molar-refractivity contribution in [3.63, 3.8) is 0 Å². The molecule has 0 radical (unpaired) electrons. The van der Waals surface area contributed by atoms with Crippen molar-refractivity contribution in [1.82, 2.24) is 19.4 Å². The molecule has 0 unspecified atom stereocenters. The van der Waals surface area contributed by atoms with Crippen LogP contribution in [0.4, 0.5) is 0 Å². The highest BCUT2D eigenvalue weighted by molar-refractivity contribution is 7.99. The van der Waals surface area contributed by atoms with Gasteiger partial charge in [0.25, 0.3) is 5.56 Å². The molecule has 0 bridgehead atoms. The topological polar surface area (TPSA) is 58.4 Å². The van der Waals surface area contributed by atoms with E-state index in [1.165, 1.54) is 11.1 Å². The van der Waals surface area contributed by atoms with Gasteiger partial charge in [-0.15, -0.1) is 0 Å². The van der Waals surface area contributed by atoms with Gasteiger partial charge in [-0.1, -0.05) is 71.9 Å². The molecule has 1 saturated heterocycles. The maximum absolute atomic E-state index is 13.0. The maximum atomic E-state index is 13.0. The molecule has 1 aliphatic rings. The van der Waals surface area contributed by atoms with Gasteiger partial charge in [0.05, 0.1) is 0 Å². The molecule has 1 aliphatic heterocycles. The average molecular weight is 519 g/mol. The highest BCUT2D eigenvalue weighted by atomic mass is 32.2. The molecule has 0 atom stereocenters. The van der Waals surface area contributed by atoms with Gasteiger partial charge in [-0.25, -0.2) is 4.98 Å². The average Bonchev–Trinajstić information content (AvgIpc) is 2.91. The molecule has 196 valence electrons. The SMILES string of the molecule is Cc1ccc(Cc2c(C)nc(SCCCCC(=O)N3CCN(Cc4ccccc4)CC3)n(C)c2=O)cc1. The minimum atomic E-state index is 0.0251. The van der Waals surface area contributed by atoms with Crippen LogP contribution in [0.2, 0.25) is 0 Å². The Morgan fingerprint density at radius 3 is 2.32 bits per heavy atom. The van der Waals surface area contributed by atoms with E-state index in [2.05, 4.69) is 60.4 Å². The van der Waals surface area contributed by atoms with Gasteiger partial charge in [0, 0.05) is 69.6 Å². The molecule has 4 rings (SSSR count). The van der Waals surface area contributed by atoms with Gasteiger partial charge in [-0.3, -0.25) is 19.1 Å². The summed E-state index contributed by atoms with van der Waals surface area (Å²) in [5.74, 6) is 1.10. The summed E-state index contributed by atoms with van der Waals surface area (Å²) in [6.45, 7) is 8.40. The molecule has 7 heteroatoms. The Bertz CT molecular complexity index is 1230. The first kappa shape index (κ1) is 27.1. The summed E-state index contributed by atoms with van der Waals surface area (Å²) in [6.07, 6.45) is 2.96. The number of aromatic nitrogens is 2. The van der Waals surface area contributed by atoms with E-state index in [9.17, 15) is 9.59 Å². The van der Waals surface area contributed by atoms with Crippen molar-refractivity contribution >= 4 is 17.7 Å².